The molecule has 1 aliphatic heterocycles. The van der Waals surface area contributed by atoms with Gasteiger partial charge in [0, 0.05) is 32.4 Å². The van der Waals surface area contributed by atoms with Crippen LogP contribution in [0.5, 0.6) is 0 Å². The number of benzene rings is 1. The van der Waals surface area contributed by atoms with Crippen molar-refractivity contribution in [2.45, 2.75) is 11.8 Å². The maximum absolute atomic E-state index is 13.0. The van der Waals surface area contributed by atoms with Crippen molar-refractivity contribution in [3.05, 3.63) is 54.4 Å². The van der Waals surface area contributed by atoms with E-state index < -0.39 is 22.0 Å². The normalized spacial score (nSPS) is 14.4. The molecular formula is C19H22N4O5S. The number of pyridine rings is 1. The summed E-state index contributed by atoms with van der Waals surface area (Å²) in [6, 6.07) is 9.23. The summed E-state index contributed by atoms with van der Waals surface area (Å²) in [5.74, 6) is -0.402. The van der Waals surface area contributed by atoms with Gasteiger partial charge in [0.1, 0.15) is 4.90 Å². The lowest BCUT2D eigenvalue weighted by Gasteiger charge is -2.34. The minimum absolute atomic E-state index is 0.0773. The van der Waals surface area contributed by atoms with Gasteiger partial charge in [0.25, 0.3) is 15.9 Å². The summed E-state index contributed by atoms with van der Waals surface area (Å²) in [4.78, 5) is 31.7. The zero-order valence-electron chi connectivity index (χ0n) is 15.9. The van der Waals surface area contributed by atoms with E-state index >= 15 is 0 Å². The van der Waals surface area contributed by atoms with Gasteiger partial charge in [-0.25, -0.2) is 13.2 Å². The van der Waals surface area contributed by atoms with Crippen molar-refractivity contribution in [2.24, 2.45) is 0 Å². The quantitative estimate of drug-likeness (QED) is 0.793. The first-order valence-electron chi connectivity index (χ1n) is 9.15. The molecule has 1 fully saturated rings. The molecule has 1 aromatic heterocycles. The molecule has 1 aromatic carbocycles. The Labute approximate surface area is 169 Å². The Balaban J connectivity index is 1.77. The molecule has 2 amide bonds. The van der Waals surface area contributed by atoms with Gasteiger partial charge in [-0.05, 0) is 31.2 Å². The average molecular weight is 418 g/mol. The van der Waals surface area contributed by atoms with Gasteiger partial charge in [0.15, 0.2) is 0 Å². The van der Waals surface area contributed by atoms with Gasteiger partial charge in [0.2, 0.25) is 0 Å². The number of anilines is 1. The number of nitrogens with one attached hydrogen (secondary N) is 1. The SMILES string of the molecule is CCOC(=O)N1CCN(C(=O)c2ccccc2S(=O)(=O)Nc2cccnc2)CC1. The highest BCUT2D eigenvalue weighted by Gasteiger charge is 2.29. The third-order valence-corrected chi connectivity index (χ3v) is 5.85. The van der Waals surface area contributed by atoms with E-state index in [1.54, 1.807) is 31.2 Å². The van der Waals surface area contributed by atoms with Crippen LogP contribution in [0.1, 0.15) is 17.3 Å². The molecule has 0 bridgehead atoms. The van der Waals surface area contributed by atoms with E-state index in [-0.39, 0.29) is 17.1 Å². The van der Waals surface area contributed by atoms with Gasteiger partial charge in [-0.3, -0.25) is 14.5 Å². The molecule has 1 saturated heterocycles. The summed E-state index contributed by atoms with van der Waals surface area (Å²) in [7, 11) is -3.98. The standard InChI is InChI=1S/C19H22N4O5S/c1-2-28-19(25)23-12-10-22(11-13-23)18(24)16-7-3-4-8-17(16)29(26,27)21-15-6-5-9-20-14-15/h3-9,14,21H,2,10-13H2,1H3. The molecule has 2 aromatic rings. The molecule has 0 saturated carbocycles. The summed E-state index contributed by atoms with van der Waals surface area (Å²) in [6.45, 7) is 3.26. The predicted molar refractivity (Wildman–Crippen MR) is 106 cm³/mol. The third kappa shape index (κ3) is 4.83. The summed E-state index contributed by atoms with van der Waals surface area (Å²) in [5.41, 5.74) is 0.381. The second-order valence-electron chi connectivity index (χ2n) is 6.32. The molecule has 29 heavy (non-hydrogen) atoms. The van der Waals surface area contributed by atoms with Crippen LogP contribution in [0.15, 0.2) is 53.7 Å². The Morgan fingerprint density at radius 3 is 2.41 bits per heavy atom. The molecular weight excluding hydrogens is 396 g/mol. The molecule has 10 heteroatoms. The van der Waals surface area contributed by atoms with Crippen molar-refractivity contribution in [3.8, 4) is 0 Å². The Kier molecular flexibility index (Phi) is 6.32. The molecule has 3 rings (SSSR count). The number of hydrogen-bond acceptors (Lipinski definition) is 6. The first kappa shape index (κ1) is 20.6. The van der Waals surface area contributed by atoms with Crippen LogP contribution in [-0.2, 0) is 14.8 Å². The van der Waals surface area contributed by atoms with E-state index in [0.717, 1.165) is 0 Å². The average Bonchev–Trinajstić information content (AvgIpc) is 2.74. The van der Waals surface area contributed by atoms with Crippen LogP contribution in [0, 0.1) is 0 Å². The van der Waals surface area contributed by atoms with Crippen molar-refractivity contribution in [3.63, 3.8) is 0 Å². The van der Waals surface area contributed by atoms with Crippen LogP contribution in [0.3, 0.4) is 0 Å². The van der Waals surface area contributed by atoms with Gasteiger partial charge in [-0.2, -0.15) is 0 Å². The van der Waals surface area contributed by atoms with E-state index in [9.17, 15) is 18.0 Å². The lowest BCUT2D eigenvalue weighted by molar-refractivity contribution is 0.0567. The highest BCUT2D eigenvalue weighted by molar-refractivity contribution is 7.92. The van der Waals surface area contributed by atoms with Gasteiger partial charge in [-0.1, -0.05) is 12.1 Å². The van der Waals surface area contributed by atoms with Crippen LogP contribution >= 0.6 is 0 Å². The van der Waals surface area contributed by atoms with Crippen molar-refractivity contribution < 1.29 is 22.7 Å². The number of aromatic nitrogens is 1. The lowest BCUT2D eigenvalue weighted by atomic mass is 10.2. The highest BCUT2D eigenvalue weighted by atomic mass is 32.2. The van der Waals surface area contributed by atoms with Crippen molar-refractivity contribution in [1.29, 1.82) is 0 Å². The van der Waals surface area contributed by atoms with Gasteiger partial charge in [0.05, 0.1) is 24.1 Å². The first-order valence-corrected chi connectivity index (χ1v) is 10.6. The van der Waals surface area contributed by atoms with E-state index in [1.807, 2.05) is 0 Å². The number of rotatable bonds is 5. The number of piperazine rings is 1. The fourth-order valence-electron chi connectivity index (χ4n) is 2.99. The predicted octanol–water partition coefficient (Wildman–Crippen LogP) is 1.80. The zero-order chi connectivity index (χ0) is 20.9. The Bertz CT molecular complexity index is 973. The fraction of sp³-hybridized carbons (Fsp3) is 0.316. The number of carbonyl (C=O) groups is 2. The van der Waals surface area contributed by atoms with Gasteiger partial charge >= 0.3 is 6.09 Å². The topological polar surface area (TPSA) is 109 Å². The molecule has 2 heterocycles. The number of hydrogen-bond donors (Lipinski definition) is 1. The van der Waals surface area contributed by atoms with Gasteiger partial charge < -0.3 is 14.5 Å². The van der Waals surface area contributed by atoms with Crippen LogP contribution in [0.2, 0.25) is 0 Å². The minimum atomic E-state index is -3.98. The monoisotopic (exact) mass is 418 g/mol. The van der Waals surface area contributed by atoms with Crippen LogP contribution in [0.4, 0.5) is 10.5 Å². The summed E-state index contributed by atoms with van der Waals surface area (Å²) >= 11 is 0. The Hall–Kier alpha value is -3.14. The molecule has 0 atom stereocenters. The Morgan fingerprint density at radius 1 is 1.07 bits per heavy atom. The van der Waals surface area contributed by atoms with Gasteiger partial charge in [-0.15, -0.1) is 0 Å². The summed E-state index contributed by atoms with van der Waals surface area (Å²) in [5, 5.41) is 0. The number of carbonyl (C=O) groups excluding carboxylic acids is 2. The van der Waals surface area contributed by atoms with Crippen LogP contribution < -0.4 is 4.72 Å². The Morgan fingerprint density at radius 2 is 1.76 bits per heavy atom. The second-order valence-corrected chi connectivity index (χ2v) is 7.97. The smallest absolute Gasteiger partial charge is 0.409 e. The van der Waals surface area contributed by atoms with E-state index in [1.165, 1.54) is 34.3 Å². The maximum atomic E-state index is 13.0. The largest absolute Gasteiger partial charge is 0.450 e. The van der Waals surface area contributed by atoms with E-state index in [4.69, 9.17) is 4.74 Å². The number of nitrogens with zero attached hydrogens (tertiary/aromatic N) is 3. The first-order chi connectivity index (χ1) is 13.9. The minimum Gasteiger partial charge on any atom is -0.450 e. The number of sulfonamides is 1. The van der Waals surface area contributed by atoms with Crippen LogP contribution in [0.25, 0.3) is 0 Å². The molecule has 154 valence electrons. The molecule has 1 N–H and O–H groups in total. The number of ether oxygens (including phenoxy) is 1. The summed E-state index contributed by atoms with van der Waals surface area (Å²) in [6.07, 6.45) is 2.50. The maximum Gasteiger partial charge on any atom is 0.409 e. The number of amides is 2. The van der Waals surface area contributed by atoms with E-state index in [2.05, 4.69) is 9.71 Å². The third-order valence-electron chi connectivity index (χ3n) is 4.41. The molecule has 0 radical (unpaired) electrons. The van der Waals surface area contributed by atoms with E-state index in [0.29, 0.717) is 31.9 Å². The highest BCUT2D eigenvalue weighted by Crippen LogP contribution is 2.21. The lowest BCUT2D eigenvalue weighted by Crippen LogP contribution is -2.50. The fourth-order valence-corrected chi connectivity index (χ4v) is 4.23. The van der Waals surface area contributed by atoms with Crippen molar-refractivity contribution in [2.75, 3.05) is 37.5 Å². The molecule has 0 spiro atoms. The molecule has 0 aliphatic carbocycles. The molecule has 0 unspecified atom stereocenters. The van der Waals surface area contributed by atoms with Crippen molar-refractivity contribution >= 4 is 27.7 Å². The zero-order valence-corrected chi connectivity index (χ0v) is 16.8. The molecule has 1 aliphatic rings. The summed E-state index contributed by atoms with van der Waals surface area (Å²) < 4.78 is 33.1. The second kappa shape index (κ2) is 8.91. The van der Waals surface area contributed by atoms with Crippen LogP contribution in [-0.4, -0.2) is 68.0 Å². The molecule has 9 nitrogen and oxygen atoms in total. The van der Waals surface area contributed by atoms with Crippen molar-refractivity contribution in [1.82, 2.24) is 14.8 Å².